The van der Waals surface area contributed by atoms with Crippen LogP contribution in [0.1, 0.15) is 18.3 Å². The Morgan fingerprint density at radius 1 is 1.42 bits per heavy atom. The van der Waals surface area contributed by atoms with Crippen LogP contribution in [0.15, 0.2) is 30.6 Å². The molecule has 0 unspecified atom stereocenters. The highest BCUT2D eigenvalue weighted by Crippen LogP contribution is 2.20. The summed E-state index contributed by atoms with van der Waals surface area (Å²) in [6.07, 6.45) is 3.69. The third kappa shape index (κ3) is 3.34. The maximum absolute atomic E-state index is 11.1. The van der Waals surface area contributed by atoms with Crippen LogP contribution in [0.3, 0.4) is 0 Å². The highest BCUT2D eigenvalue weighted by atomic mass is 16.1. The number of rotatable bonds is 4. The van der Waals surface area contributed by atoms with Crippen molar-refractivity contribution in [1.29, 1.82) is 0 Å². The smallest absolute Gasteiger partial charge is 0.221 e. The van der Waals surface area contributed by atoms with Crippen molar-refractivity contribution in [2.24, 2.45) is 7.05 Å². The predicted octanol–water partition coefficient (Wildman–Crippen LogP) is 2.30. The lowest BCUT2D eigenvalue weighted by Gasteiger charge is -2.11. The molecule has 100 valence electrons. The third-order valence-electron chi connectivity index (χ3n) is 2.92. The van der Waals surface area contributed by atoms with Crippen LogP contribution in [-0.4, -0.2) is 15.5 Å². The van der Waals surface area contributed by atoms with Crippen molar-refractivity contribution >= 4 is 17.3 Å². The molecule has 2 aromatic rings. The number of carbonyl (C=O) groups excluding carboxylic acids is 1. The van der Waals surface area contributed by atoms with E-state index in [1.165, 1.54) is 6.92 Å². The number of aryl methyl sites for hydroxylation is 2. The number of carbonyl (C=O) groups is 1. The number of hydrogen-bond acceptors (Lipinski definition) is 3. The Balaban J connectivity index is 2.11. The summed E-state index contributed by atoms with van der Waals surface area (Å²) in [7, 11) is 1.96. The molecule has 0 aliphatic rings. The number of nitrogens with zero attached hydrogens (tertiary/aromatic N) is 2. The molecule has 0 bridgehead atoms. The average molecular weight is 258 g/mol. The number of aromatic nitrogens is 2. The first-order valence-corrected chi connectivity index (χ1v) is 6.14. The Bertz CT molecular complexity index is 589. The number of anilines is 2. The molecule has 0 atom stereocenters. The van der Waals surface area contributed by atoms with Crippen molar-refractivity contribution in [3.63, 3.8) is 0 Å². The summed E-state index contributed by atoms with van der Waals surface area (Å²) in [6.45, 7) is 4.17. The van der Waals surface area contributed by atoms with Crippen molar-refractivity contribution in [3.05, 3.63) is 42.0 Å². The van der Waals surface area contributed by atoms with E-state index >= 15 is 0 Å². The lowest BCUT2D eigenvalue weighted by molar-refractivity contribution is -0.114. The normalized spacial score (nSPS) is 10.3. The zero-order chi connectivity index (χ0) is 13.8. The van der Waals surface area contributed by atoms with Gasteiger partial charge in [-0.2, -0.15) is 0 Å². The Morgan fingerprint density at radius 3 is 2.84 bits per heavy atom. The van der Waals surface area contributed by atoms with Gasteiger partial charge in [0.1, 0.15) is 5.82 Å². The molecule has 0 saturated carbocycles. The van der Waals surface area contributed by atoms with Crippen LogP contribution in [0.4, 0.5) is 11.4 Å². The number of imidazole rings is 1. The van der Waals surface area contributed by atoms with E-state index in [0.717, 1.165) is 22.8 Å². The van der Waals surface area contributed by atoms with Crippen LogP contribution in [0.2, 0.25) is 0 Å². The quantitative estimate of drug-likeness (QED) is 0.884. The van der Waals surface area contributed by atoms with E-state index < -0.39 is 0 Å². The van der Waals surface area contributed by atoms with Crippen molar-refractivity contribution in [1.82, 2.24) is 9.55 Å². The fourth-order valence-corrected chi connectivity index (χ4v) is 1.83. The second kappa shape index (κ2) is 5.56. The number of nitrogens with one attached hydrogen (secondary N) is 2. The van der Waals surface area contributed by atoms with E-state index in [1.54, 1.807) is 6.20 Å². The molecule has 5 heteroatoms. The molecule has 19 heavy (non-hydrogen) atoms. The van der Waals surface area contributed by atoms with Gasteiger partial charge in [0.25, 0.3) is 0 Å². The first-order valence-electron chi connectivity index (χ1n) is 6.14. The van der Waals surface area contributed by atoms with Gasteiger partial charge in [-0.15, -0.1) is 0 Å². The standard InChI is InChI=1S/C14H18N4O/c1-10-4-5-12(17-11(2)19)8-13(10)16-9-14-15-6-7-18(14)3/h4-8,16H,9H2,1-3H3,(H,17,19). The van der Waals surface area contributed by atoms with Crippen molar-refractivity contribution in [2.45, 2.75) is 20.4 Å². The SMILES string of the molecule is CC(=O)Nc1ccc(C)c(NCc2nccn2C)c1. The van der Waals surface area contributed by atoms with Gasteiger partial charge in [0, 0.05) is 37.7 Å². The molecule has 0 aliphatic heterocycles. The molecule has 1 amide bonds. The van der Waals surface area contributed by atoms with Crippen LogP contribution in [0.5, 0.6) is 0 Å². The van der Waals surface area contributed by atoms with E-state index in [9.17, 15) is 4.79 Å². The Labute approximate surface area is 112 Å². The lowest BCUT2D eigenvalue weighted by Crippen LogP contribution is -2.09. The summed E-state index contributed by atoms with van der Waals surface area (Å²) in [6, 6.07) is 5.80. The molecule has 1 aromatic heterocycles. The molecule has 0 saturated heterocycles. The number of hydrogen-bond donors (Lipinski definition) is 2. The molecule has 0 fully saturated rings. The minimum absolute atomic E-state index is 0.0705. The molecule has 0 aliphatic carbocycles. The molecular formula is C14H18N4O. The Kier molecular flexibility index (Phi) is 3.85. The maximum atomic E-state index is 11.1. The molecule has 2 N–H and O–H groups in total. The van der Waals surface area contributed by atoms with Crippen LogP contribution in [-0.2, 0) is 18.4 Å². The summed E-state index contributed by atoms with van der Waals surface area (Å²) < 4.78 is 1.97. The fraction of sp³-hybridized carbons (Fsp3) is 0.286. The molecule has 1 heterocycles. The topological polar surface area (TPSA) is 59.0 Å². The summed E-state index contributed by atoms with van der Waals surface area (Å²) in [5.74, 6) is 0.892. The molecule has 0 spiro atoms. The van der Waals surface area contributed by atoms with Crippen LogP contribution < -0.4 is 10.6 Å². The zero-order valence-corrected chi connectivity index (χ0v) is 11.4. The van der Waals surface area contributed by atoms with Gasteiger partial charge in [-0.25, -0.2) is 4.98 Å². The van der Waals surface area contributed by atoms with Gasteiger partial charge in [0.05, 0.1) is 6.54 Å². The second-order valence-electron chi connectivity index (χ2n) is 4.52. The van der Waals surface area contributed by atoms with Gasteiger partial charge in [0.15, 0.2) is 0 Å². The van der Waals surface area contributed by atoms with Gasteiger partial charge in [-0.1, -0.05) is 6.07 Å². The maximum Gasteiger partial charge on any atom is 0.221 e. The number of benzene rings is 1. The third-order valence-corrected chi connectivity index (χ3v) is 2.92. The number of amides is 1. The highest BCUT2D eigenvalue weighted by molar-refractivity contribution is 5.89. The van der Waals surface area contributed by atoms with Crippen LogP contribution in [0, 0.1) is 6.92 Å². The van der Waals surface area contributed by atoms with Gasteiger partial charge in [-0.05, 0) is 24.6 Å². The molecule has 2 rings (SSSR count). The van der Waals surface area contributed by atoms with Gasteiger partial charge in [0.2, 0.25) is 5.91 Å². The average Bonchev–Trinajstić information content (AvgIpc) is 2.75. The summed E-state index contributed by atoms with van der Waals surface area (Å²) in [5.41, 5.74) is 2.91. The lowest BCUT2D eigenvalue weighted by atomic mass is 10.1. The van der Waals surface area contributed by atoms with Crippen molar-refractivity contribution in [2.75, 3.05) is 10.6 Å². The van der Waals surface area contributed by atoms with Crippen LogP contribution >= 0.6 is 0 Å². The van der Waals surface area contributed by atoms with Crippen molar-refractivity contribution < 1.29 is 4.79 Å². The van der Waals surface area contributed by atoms with E-state index in [0.29, 0.717) is 6.54 Å². The predicted molar refractivity (Wildman–Crippen MR) is 76.0 cm³/mol. The molecule has 0 radical (unpaired) electrons. The van der Waals surface area contributed by atoms with Crippen LogP contribution in [0.25, 0.3) is 0 Å². The van der Waals surface area contributed by atoms with Gasteiger partial charge in [-0.3, -0.25) is 4.79 Å². The minimum atomic E-state index is -0.0705. The van der Waals surface area contributed by atoms with E-state index in [2.05, 4.69) is 15.6 Å². The Hall–Kier alpha value is -2.30. The zero-order valence-electron chi connectivity index (χ0n) is 11.4. The monoisotopic (exact) mass is 258 g/mol. The summed E-state index contributed by atoms with van der Waals surface area (Å²) in [5, 5.41) is 6.11. The minimum Gasteiger partial charge on any atom is -0.378 e. The van der Waals surface area contributed by atoms with Gasteiger partial charge < -0.3 is 15.2 Å². The second-order valence-corrected chi connectivity index (χ2v) is 4.52. The summed E-state index contributed by atoms with van der Waals surface area (Å²) in [4.78, 5) is 15.3. The summed E-state index contributed by atoms with van der Waals surface area (Å²) >= 11 is 0. The largest absolute Gasteiger partial charge is 0.378 e. The Morgan fingerprint density at radius 2 is 2.21 bits per heavy atom. The highest BCUT2D eigenvalue weighted by Gasteiger charge is 2.03. The molecule has 5 nitrogen and oxygen atoms in total. The van der Waals surface area contributed by atoms with E-state index in [-0.39, 0.29) is 5.91 Å². The van der Waals surface area contributed by atoms with E-state index in [4.69, 9.17) is 0 Å². The molecular weight excluding hydrogens is 240 g/mol. The van der Waals surface area contributed by atoms with E-state index in [1.807, 2.05) is 42.9 Å². The molecule has 1 aromatic carbocycles. The van der Waals surface area contributed by atoms with Gasteiger partial charge >= 0.3 is 0 Å². The first-order chi connectivity index (χ1) is 9.06. The fourth-order valence-electron chi connectivity index (χ4n) is 1.83. The first kappa shape index (κ1) is 13.1. The van der Waals surface area contributed by atoms with Crippen molar-refractivity contribution in [3.8, 4) is 0 Å².